The van der Waals surface area contributed by atoms with Crippen LogP contribution < -0.4 is 9.93 Å². The van der Waals surface area contributed by atoms with E-state index >= 15 is 0 Å². The van der Waals surface area contributed by atoms with Crippen molar-refractivity contribution in [1.29, 1.82) is 0 Å². The highest BCUT2D eigenvalue weighted by atomic mass is 32.2. The largest absolute Gasteiger partial charge is 0.423 e. The van der Waals surface area contributed by atoms with Gasteiger partial charge < -0.3 is 4.42 Å². The monoisotopic (exact) mass is 395 g/mol. The van der Waals surface area contributed by atoms with Crippen molar-refractivity contribution < 1.29 is 12.8 Å². The van der Waals surface area contributed by atoms with E-state index in [1.807, 2.05) is 6.92 Å². The van der Waals surface area contributed by atoms with Gasteiger partial charge in [-0.25, -0.2) is 13.2 Å². The highest BCUT2D eigenvalue weighted by molar-refractivity contribution is 7.92. The molecule has 1 heterocycles. The highest BCUT2D eigenvalue weighted by Crippen LogP contribution is 2.33. The molecule has 0 N–H and O–H groups in total. The Hall–Kier alpha value is -3.12. The van der Waals surface area contributed by atoms with Gasteiger partial charge in [-0.1, -0.05) is 29.8 Å². The summed E-state index contributed by atoms with van der Waals surface area (Å²) in [5.74, 6) is 0. The number of fused-ring (bicyclic) bond motifs is 1. The zero-order valence-corrected chi connectivity index (χ0v) is 16.4. The molecule has 1 aromatic heterocycles. The van der Waals surface area contributed by atoms with E-state index in [1.54, 1.807) is 54.6 Å². The number of sulfonamides is 1. The van der Waals surface area contributed by atoms with Crippen molar-refractivity contribution in [2.45, 2.75) is 18.2 Å². The van der Waals surface area contributed by atoms with Crippen molar-refractivity contribution in [2.75, 3.05) is 10.8 Å². The van der Waals surface area contributed by atoms with Crippen molar-refractivity contribution in [3.8, 4) is 0 Å². The molecule has 0 saturated heterocycles. The average molecular weight is 395 g/mol. The first-order valence-electron chi connectivity index (χ1n) is 8.75. The van der Waals surface area contributed by atoms with E-state index in [2.05, 4.69) is 13.2 Å². The fraction of sp³-hybridized carbons (Fsp3) is 0.136. The predicted octanol–water partition coefficient (Wildman–Crippen LogP) is 4.21. The SMILES string of the molecule is C=CCc1c(N(CC=C)S(=O)(=O)c2ccc(C)cc2)ccc2oc(=O)ccc12. The molecule has 3 aromatic rings. The molecule has 0 aliphatic heterocycles. The summed E-state index contributed by atoms with van der Waals surface area (Å²) in [6.45, 7) is 9.49. The van der Waals surface area contributed by atoms with E-state index in [9.17, 15) is 13.2 Å². The zero-order valence-electron chi connectivity index (χ0n) is 15.6. The molecule has 0 amide bonds. The third-order valence-electron chi connectivity index (χ3n) is 4.41. The summed E-state index contributed by atoms with van der Waals surface area (Å²) in [4.78, 5) is 11.7. The number of anilines is 1. The van der Waals surface area contributed by atoms with Gasteiger partial charge in [0.1, 0.15) is 5.58 Å². The molecule has 0 saturated carbocycles. The maximum atomic E-state index is 13.4. The van der Waals surface area contributed by atoms with Crippen molar-refractivity contribution in [1.82, 2.24) is 0 Å². The van der Waals surface area contributed by atoms with Crippen LogP contribution in [0, 0.1) is 6.92 Å². The van der Waals surface area contributed by atoms with Gasteiger partial charge in [-0.15, -0.1) is 13.2 Å². The lowest BCUT2D eigenvalue weighted by atomic mass is 10.0. The summed E-state index contributed by atoms with van der Waals surface area (Å²) in [5.41, 5.74) is 2.14. The molecular formula is C22H21NO4S. The minimum absolute atomic E-state index is 0.0998. The minimum atomic E-state index is -3.82. The van der Waals surface area contributed by atoms with Crippen molar-refractivity contribution >= 4 is 26.7 Å². The summed E-state index contributed by atoms with van der Waals surface area (Å²) in [7, 11) is -3.82. The van der Waals surface area contributed by atoms with E-state index in [0.29, 0.717) is 28.6 Å². The summed E-state index contributed by atoms with van der Waals surface area (Å²) in [6, 6.07) is 12.9. The highest BCUT2D eigenvalue weighted by Gasteiger charge is 2.26. The molecule has 5 nitrogen and oxygen atoms in total. The quantitative estimate of drug-likeness (QED) is 0.444. The van der Waals surface area contributed by atoms with Crippen molar-refractivity contribution in [2.24, 2.45) is 0 Å². The van der Waals surface area contributed by atoms with Crippen LogP contribution in [0.2, 0.25) is 0 Å². The smallest absolute Gasteiger partial charge is 0.336 e. The van der Waals surface area contributed by atoms with E-state index in [1.165, 1.54) is 10.4 Å². The van der Waals surface area contributed by atoms with Gasteiger partial charge in [-0.2, -0.15) is 0 Å². The number of hydrogen-bond donors (Lipinski definition) is 0. The molecule has 0 unspecified atom stereocenters. The second-order valence-electron chi connectivity index (χ2n) is 6.36. The van der Waals surface area contributed by atoms with Crippen LogP contribution in [0.1, 0.15) is 11.1 Å². The van der Waals surface area contributed by atoms with Gasteiger partial charge in [0, 0.05) is 11.5 Å². The lowest BCUT2D eigenvalue weighted by Gasteiger charge is -2.26. The molecule has 6 heteroatoms. The number of rotatable bonds is 7. The molecular weight excluding hydrogens is 374 g/mol. The summed E-state index contributed by atoms with van der Waals surface area (Å²) in [5, 5.41) is 0.671. The van der Waals surface area contributed by atoms with Crippen LogP contribution >= 0.6 is 0 Å². The van der Waals surface area contributed by atoms with Gasteiger partial charge in [0.2, 0.25) is 0 Å². The Kier molecular flexibility index (Phi) is 5.51. The molecule has 28 heavy (non-hydrogen) atoms. The third kappa shape index (κ3) is 3.64. The molecule has 2 aromatic carbocycles. The maximum Gasteiger partial charge on any atom is 0.336 e. The Morgan fingerprint density at radius 3 is 2.36 bits per heavy atom. The van der Waals surface area contributed by atoms with Crippen LogP contribution in [-0.2, 0) is 16.4 Å². The van der Waals surface area contributed by atoms with Gasteiger partial charge >= 0.3 is 5.63 Å². The third-order valence-corrected chi connectivity index (χ3v) is 6.20. The fourth-order valence-corrected chi connectivity index (χ4v) is 4.54. The topological polar surface area (TPSA) is 67.6 Å². The Labute approximate surface area is 164 Å². The molecule has 0 aliphatic carbocycles. The zero-order chi connectivity index (χ0) is 20.3. The van der Waals surface area contributed by atoms with Gasteiger partial charge in [0.15, 0.2) is 0 Å². The Morgan fingerprint density at radius 1 is 1.00 bits per heavy atom. The van der Waals surface area contributed by atoms with Gasteiger partial charge in [-0.05, 0) is 49.2 Å². The number of benzene rings is 2. The molecule has 0 radical (unpaired) electrons. The molecule has 144 valence electrons. The normalized spacial score (nSPS) is 11.3. The standard InChI is InChI=1S/C22H21NO4S/c1-4-6-18-19-11-14-22(24)27-21(19)13-12-20(18)23(15-5-2)28(25,26)17-9-7-16(3)8-10-17/h4-5,7-14H,1-2,6,15H2,3H3. The van der Waals surface area contributed by atoms with Crippen LogP contribution in [0.25, 0.3) is 11.0 Å². The number of allylic oxidation sites excluding steroid dienone is 1. The number of hydrogen-bond acceptors (Lipinski definition) is 4. The van der Waals surface area contributed by atoms with E-state index < -0.39 is 15.6 Å². The predicted molar refractivity (Wildman–Crippen MR) is 112 cm³/mol. The Balaban J connectivity index is 2.25. The summed E-state index contributed by atoms with van der Waals surface area (Å²) < 4.78 is 33.3. The van der Waals surface area contributed by atoms with Crippen LogP contribution in [0.4, 0.5) is 5.69 Å². The van der Waals surface area contributed by atoms with Gasteiger partial charge in [0.05, 0.1) is 17.1 Å². The lowest BCUT2D eigenvalue weighted by molar-refractivity contribution is 0.560. The first-order chi connectivity index (χ1) is 13.4. The Morgan fingerprint density at radius 2 is 1.71 bits per heavy atom. The first-order valence-corrected chi connectivity index (χ1v) is 10.2. The molecule has 0 atom stereocenters. The molecule has 3 rings (SSSR count). The lowest BCUT2D eigenvalue weighted by Crippen LogP contribution is -2.32. The van der Waals surface area contributed by atoms with E-state index in [-0.39, 0.29) is 11.4 Å². The Bertz CT molecular complexity index is 1190. The van der Waals surface area contributed by atoms with Crippen LogP contribution in [0.15, 0.2) is 87.9 Å². The maximum absolute atomic E-state index is 13.4. The molecule has 0 aliphatic rings. The second kappa shape index (κ2) is 7.86. The minimum Gasteiger partial charge on any atom is -0.423 e. The van der Waals surface area contributed by atoms with E-state index in [0.717, 1.165) is 5.56 Å². The first kappa shape index (κ1) is 19.6. The van der Waals surface area contributed by atoms with Crippen molar-refractivity contribution in [3.63, 3.8) is 0 Å². The van der Waals surface area contributed by atoms with Crippen LogP contribution in [-0.4, -0.2) is 15.0 Å². The molecule has 0 spiro atoms. The molecule has 0 bridgehead atoms. The summed E-state index contributed by atoms with van der Waals surface area (Å²) >= 11 is 0. The van der Waals surface area contributed by atoms with Crippen LogP contribution in [0.5, 0.6) is 0 Å². The average Bonchev–Trinajstić information content (AvgIpc) is 2.67. The van der Waals surface area contributed by atoms with Gasteiger partial charge in [-0.3, -0.25) is 4.31 Å². The summed E-state index contributed by atoms with van der Waals surface area (Å²) in [6.07, 6.45) is 3.64. The number of nitrogens with zero attached hydrogens (tertiary/aromatic N) is 1. The van der Waals surface area contributed by atoms with Gasteiger partial charge in [0.25, 0.3) is 10.0 Å². The fourth-order valence-electron chi connectivity index (χ4n) is 3.07. The van der Waals surface area contributed by atoms with E-state index in [4.69, 9.17) is 4.42 Å². The van der Waals surface area contributed by atoms with Crippen LogP contribution in [0.3, 0.4) is 0 Å². The molecule has 0 fully saturated rings. The van der Waals surface area contributed by atoms with Crippen molar-refractivity contribution in [3.05, 3.63) is 95.4 Å². The second-order valence-corrected chi connectivity index (χ2v) is 8.22. The number of aryl methyl sites for hydroxylation is 1.